The van der Waals surface area contributed by atoms with Crippen molar-refractivity contribution in [1.29, 1.82) is 0 Å². The van der Waals surface area contributed by atoms with Crippen LogP contribution < -0.4 is 9.62 Å². The van der Waals surface area contributed by atoms with E-state index in [4.69, 9.17) is 11.6 Å². The van der Waals surface area contributed by atoms with Crippen LogP contribution in [-0.2, 0) is 26.2 Å². The lowest BCUT2D eigenvalue weighted by molar-refractivity contribution is -0.139. The molecule has 0 radical (unpaired) electrons. The average molecular weight is 466 g/mol. The molecule has 0 heterocycles. The zero-order valence-electron chi connectivity index (χ0n) is 18.1. The van der Waals surface area contributed by atoms with Gasteiger partial charge in [0.25, 0.3) is 0 Å². The van der Waals surface area contributed by atoms with Gasteiger partial charge in [-0.1, -0.05) is 41.4 Å². The second-order valence-electron chi connectivity index (χ2n) is 7.32. The van der Waals surface area contributed by atoms with Crippen molar-refractivity contribution in [2.75, 3.05) is 23.7 Å². The third kappa shape index (κ3) is 6.97. The third-order valence-corrected chi connectivity index (χ3v) is 6.18. The highest BCUT2D eigenvalue weighted by atomic mass is 35.5. The fraction of sp³-hybridized carbons (Fsp3) is 0.364. The monoisotopic (exact) mass is 465 g/mol. The Morgan fingerprint density at radius 1 is 1.06 bits per heavy atom. The van der Waals surface area contributed by atoms with E-state index in [0.29, 0.717) is 17.3 Å². The van der Waals surface area contributed by atoms with E-state index in [-0.39, 0.29) is 12.5 Å². The van der Waals surface area contributed by atoms with Crippen LogP contribution >= 0.6 is 11.6 Å². The summed E-state index contributed by atoms with van der Waals surface area (Å²) in [6.07, 6.45) is 1.05. The summed E-state index contributed by atoms with van der Waals surface area (Å²) in [7, 11) is -3.73. The number of hydrogen-bond acceptors (Lipinski definition) is 4. The molecule has 7 nitrogen and oxygen atoms in total. The number of hydrogen-bond donors (Lipinski definition) is 1. The largest absolute Gasteiger partial charge is 0.355 e. The highest BCUT2D eigenvalue weighted by Gasteiger charge is 2.29. The van der Waals surface area contributed by atoms with Gasteiger partial charge in [-0.3, -0.25) is 13.9 Å². The first-order chi connectivity index (χ1) is 14.5. The zero-order valence-corrected chi connectivity index (χ0v) is 19.7. The Morgan fingerprint density at radius 2 is 1.65 bits per heavy atom. The summed E-state index contributed by atoms with van der Waals surface area (Å²) in [5.74, 6) is -0.800. The maximum atomic E-state index is 13.3. The number of nitrogens with one attached hydrogen (secondary N) is 1. The lowest BCUT2D eigenvalue weighted by atomic mass is 10.1. The number of carbonyl (C=O) groups excluding carboxylic acids is 2. The van der Waals surface area contributed by atoms with E-state index in [2.05, 4.69) is 5.32 Å². The molecular weight excluding hydrogens is 438 g/mol. The minimum atomic E-state index is -3.73. The molecule has 0 bridgehead atoms. The average Bonchev–Trinajstić information content (AvgIpc) is 2.71. The number of rotatable bonds is 9. The summed E-state index contributed by atoms with van der Waals surface area (Å²) in [5, 5.41) is 3.27. The molecule has 2 aromatic carbocycles. The summed E-state index contributed by atoms with van der Waals surface area (Å²) in [5.41, 5.74) is 2.13. The number of anilines is 1. The van der Waals surface area contributed by atoms with Crippen LogP contribution in [0.4, 0.5) is 5.69 Å². The molecule has 9 heteroatoms. The number of carbonyl (C=O) groups is 2. The van der Waals surface area contributed by atoms with Crippen LogP contribution in [0, 0.1) is 6.92 Å². The summed E-state index contributed by atoms with van der Waals surface area (Å²) in [4.78, 5) is 27.1. The lowest BCUT2D eigenvalue weighted by Gasteiger charge is -2.31. The Balaban J connectivity index is 2.35. The SMILES string of the molecule is CCNC(=O)C(C)N(Cc1ccc(Cl)cc1)C(=O)CN(c1ccc(C)cc1)S(C)(=O)=O. The van der Waals surface area contributed by atoms with Gasteiger partial charge in [0, 0.05) is 18.1 Å². The third-order valence-electron chi connectivity index (χ3n) is 4.79. The second kappa shape index (κ2) is 10.6. The van der Waals surface area contributed by atoms with E-state index >= 15 is 0 Å². The molecule has 0 aromatic heterocycles. The van der Waals surface area contributed by atoms with E-state index in [1.54, 1.807) is 62.4 Å². The van der Waals surface area contributed by atoms with Crippen LogP contribution in [0.1, 0.15) is 25.0 Å². The summed E-state index contributed by atoms with van der Waals surface area (Å²) in [6, 6.07) is 13.0. The summed E-state index contributed by atoms with van der Waals surface area (Å²) >= 11 is 5.94. The Morgan fingerprint density at radius 3 is 2.16 bits per heavy atom. The van der Waals surface area contributed by atoms with Crippen molar-refractivity contribution in [3.05, 3.63) is 64.7 Å². The number of benzene rings is 2. The topological polar surface area (TPSA) is 86.8 Å². The molecule has 0 fully saturated rings. The molecule has 1 unspecified atom stereocenters. The lowest BCUT2D eigenvalue weighted by Crippen LogP contribution is -2.51. The molecular formula is C22H28ClN3O4S. The van der Waals surface area contributed by atoms with Crippen molar-refractivity contribution in [3.63, 3.8) is 0 Å². The van der Waals surface area contributed by atoms with Gasteiger partial charge in [0.15, 0.2) is 0 Å². The van der Waals surface area contributed by atoms with Crippen LogP contribution in [-0.4, -0.2) is 50.5 Å². The number of amides is 2. The fourth-order valence-corrected chi connectivity index (χ4v) is 3.99. The minimum absolute atomic E-state index is 0.139. The van der Waals surface area contributed by atoms with Gasteiger partial charge in [0.1, 0.15) is 12.6 Å². The van der Waals surface area contributed by atoms with E-state index in [0.717, 1.165) is 21.7 Å². The molecule has 2 aromatic rings. The van der Waals surface area contributed by atoms with Gasteiger partial charge in [0.2, 0.25) is 21.8 Å². The van der Waals surface area contributed by atoms with Crippen molar-refractivity contribution < 1.29 is 18.0 Å². The van der Waals surface area contributed by atoms with Crippen molar-refractivity contribution in [2.45, 2.75) is 33.4 Å². The molecule has 168 valence electrons. The van der Waals surface area contributed by atoms with E-state index in [1.807, 2.05) is 6.92 Å². The predicted octanol–water partition coefficient (Wildman–Crippen LogP) is 2.97. The molecule has 2 rings (SSSR count). The number of aryl methyl sites for hydroxylation is 1. The van der Waals surface area contributed by atoms with Gasteiger partial charge in [-0.05, 0) is 50.6 Å². The minimum Gasteiger partial charge on any atom is -0.355 e. The van der Waals surface area contributed by atoms with Crippen LogP contribution in [0.25, 0.3) is 0 Å². The van der Waals surface area contributed by atoms with Crippen LogP contribution in [0.5, 0.6) is 0 Å². The predicted molar refractivity (Wildman–Crippen MR) is 124 cm³/mol. The molecule has 0 spiro atoms. The highest BCUT2D eigenvalue weighted by molar-refractivity contribution is 7.92. The molecule has 0 saturated carbocycles. The van der Waals surface area contributed by atoms with E-state index in [9.17, 15) is 18.0 Å². The Labute approximate surface area is 189 Å². The normalized spacial score (nSPS) is 12.2. The first-order valence-corrected chi connectivity index (χ1v) is 12.1. The molecule has 31 heavy (non-hydrogen) atoms. The number of likely N-dealkylation sites (N-methyl/N-ethyl adjacent to an activating group) is 1. The van der Waals surface area contributed by atoms with Crippen LogP contribution in [0.15, 0.2) is 48.5 Å². The van der Waals surface area contributed by atoms with Gasteiger partial charge in [-0.15, -0.1) is 0 Å². The van der Waals surface area contributed by atoms with Gasteiger partial charge in [-0.25, -0.2) is 8.42 Å². The van der Waals surface area contributed by atoms with Crippen molar-refractivity contribution in [1.82, 2.24) is 10.2 Å². The highest BCUT2D eigenvalue weighted by Crippen LogP contribution is 2.20. The van der Waals surface area contributed by atoms with Crippen LogP contribution in [0.2, 0.25) is 5.02 Å². The summed E-state index contributed by atoms with van der Waals surface area (Å²) in [6.45, 7) is 5.44. The number of nitrogens with zero attached hydrogens (tertiary/aromatic N) is 2. The Kier molecular flexibility index (Phi) is 8.47. The summed E-state index contributed by atoms with van der Waals surface area (Å²) < 4.78 is 25.9. The molecule has 1 atom stereocenters. The Hall–Kier alpha value is -2.58. The maximum absolute atomic E-state index is 13.3. The molecule has 2 amide bonds. The van der Waals surface area contributed by atoms with E-state index < -0.39 is 28.5 Å². The second-order valence-corrected chi connectivity index (χ2v) is 9.67. The first kappa shape index (κ1) is 24.7. The van der Waals surface area contributed by atoms with Crippen molar-refractivity contribution >= 4 is 39.1 Å². The zero-order chi connectivity index (χ0) is 23.2. The number of halogens is 1. The quantitative estimate of drug-likeness (QED) is 0.616. The molecule has 1 N–H and O–H groups in total. The first-order valence-electron chi connectivity index (χ1n) is 9.89. The maximum Gasteiger partial charge on any atom is 0.244 e. The van der Waals surface area contributed by atoms with Gasteiger partial charge in [0.05, 0.1) is 11.9 Å². The van der Waals surface area contributed by atoms with Gasteiger partial charge in [-0.2, -0.15) is 0 Å². The standard InChI is InChI=1S/C22H28ClN3O4S/c1-5-24-22(28)17(3)25(14-18-8-10-19(23)11-9-18)21(27)15-26(31(4,29)30)20-12-6-16(2)7-13-20/h6-13,17H,5,14-15H2,1-4H3,(H,24,28). The smallest absolute Gasteiger partial charge is 0.244 e. The van der Waals surface area contributed by atoms with Crippen molar-refractivity contribution in [2.24, 2.45) is 0 Å². The molecule has 0 saturated heterocycles. The molecule has 0 aliphatic heterocycles. The van der Waals surface area contributed by atoms with Gasteiger partial charge >= 0.3 is 0 Å². The van der Waals surface area contributed by atoms with Gasteiger partial charge < -0.3 is 10.2 Å². The Bertz CT molecular complexity index is 1010. The van der Waals surface area contributed by atoms with Crippen molar-refractivity contribution in [3.8, 4) is 0 Å². The van der Waals surface area contributed by atoms with E-state index in [1.165, 1.54) is 4.90 Å². The van der Waals surface area contributed by atoms with Crippen LogP contribution in [0.3, 0.4) is 0 Å². The fourth-order valence-electron chi connectivity index (χ4n) is 3.02. The number of sulfonamides is 1. The molecule has 0 aliphatic rings. The molecule has 0 aliphatic carbocycles.